The van der Waals surface area contributed by atoms with Crippen LogP contribution >= 0.6 is 0 Å². The van der Waals surface area contributed by atoms with Gasteiger partial charge in [-0.05, 0) is 50.1 Å². The van der Waals surface area contributed by atoms with Gasteiger partial charge in [-0.3, -0.25) is 4.79 Å². The van der Waals surface area contributed by atoms with Gasteiger partial charge in [0.25, 0.3) is 5.91 Å². The Hall–Kier alpha value is -2.60. The maximum absolute atomic E-state index is 12.4. The number of hydrogen-bond acceptors (Lipinski definition) is 2. The molecule has 2 aromatic rings. The van der Waals surface area contributed by atoms with E-state index in [-0.39, 0.29) is 5.91 Å². The van der Waals surface area contributed by atoms with Crippen molar-refractivity contribution in [3.05, 3.63) is 64.2 Å². The van der Waals surface area contributed by atoms with Gasteiger partial charge in [-0.2, -0.15) is 5.26 Å². The molecule has 0 aromatic heterocycles. The molecule has 0 aliphatic rings. The molecule has 1 amide bonds. The summed E-state index contributed by atoms with van der Waals surface area (Å²) < 4.78 is 0. The second-order valence-electron chi connectivity index (χ2n) is 4.92. The highest BCUT2D eigenvalue weighted by molar-refractivity contribution is 6.06. The van der Waals surface area contributed by atoms with E-state index in [1.165, 1.54) is 0 Å². The number of aryl methyl sites for hydroxylation is 3. The van der Waals surface area contributed by atoms with Gasteiger partial charge in [0.05, 0.1) is 11.6 Å². The Morgan fingerprint density at radius 1 is 1.10 bits per heavy atom. The van der Waals surface area contributed by atoms with E-state index in [0.717, 1.165) is 16.7 Å². The summed E-state index contributed by atoms with van der Waals surface area (Å²) in [6.45, 7) is 5.87. The van der Waals surface area contributed by atoms with Crippen LogP contribution in [-0.2, 0) is 0 Å². The third-order valence-corrected chi connectivity index (χ3v) is 3.15. The Morgan fingerprint density at radius 3 is 2.35 bits per heavy atom. The average molecular weight is 264 g/mol. The fraction of sp³-hybridized carbons (Fsp3) is 0.176. The predicted octanol–water partition coefficient (Wildman–Crippen LogP) is 3.74. The topological polar surface area (TPSA) is 52.9 Å². The van der Waals surface area contributed by atoms with E-state index in [4.69, 9.17) is 5.26 Å². The van der Waals surface area contributed by atoms with Crippen LogP contribution in [-0.4, -0.2) is 5.91 Å². The summed E-state index contributed by atoms with van der Waals surface area (Å²) in [6.07, 6.45) is 0. The van der Waals surface area contributed by atoms with E-state index in [9.17, 15) is 4.79 Å². The van der Waals surface area contributed by atoms with Crippen molar-refractivity contribution in [1.82, 2.24) is 0 Å². The number of nitrogens with one attached hydrogen (secondary N) is 1. The zero-order chi connectivity index (χ0) is 14.7. The molecule has 100 valence electrons. The maximum atomic E-state index is 12.4. The molecule has 1 N–H and O–H groups in total. The highest BCUT2D eigenvalue weighted by atomic mass is 16.1. The first-order valence-electron chi connectivity index (χ1n) is 6.40. The molecule has 20 heavy (non-hydrogen) atoms. The molecule has 0 saturated heterocycles. The number of carbonyl (C=O) groups is 1. The van der Waals surface area contributed by atoms with Crippen molar-refractivity contribution in [3.63, 3.8) is 0 Å². The lowest BCUT2D eigenvalue weighted by atomic mass is 9.99. The lowest BCUT2D eigenvalue weighted by Gasteiger charge is -2.11. The fourth-order valence-corrected chi connectivity index (χ4v) is 2.40. The highest BCUT2D eigenvalue weighted by Crippen LogP contribution is 2.18. The fourth-order valence-electron chi connectivity index (χ4n) is 2.40. The molecular formula is C17H16N2O. The Balaban J connectivity index is 2.31. The second-order valence-corrected chi connectivity index (χ2v) is 4.92. The van der Waals surface area contributed by atoms with Crippen molar-refractivity contribution in [2.24, 2.45) is 0 Å². The summed E-state index contributed by atoms with van der Waals surface area (Å²) in [7, 11) is 0. The number of benzene rings is 2. The van der Waals surface area contributed by atoms with E-state index in [1.54, 1.807) is 24.3 Å². The summed E-state index contributed by atoms with van der Waals surface area (Å²) in [4.78, 5) is 12.4. The van der Waals surface area contributed by atoms with Crippen LogP contribution < -0.4 is 5.32 Å². The minimum Gasteiger partial charge on any atom is -0.322 e. The number of rotatable bonds is 2. The van der Waals surface area contributed by atoms with Gasteiger partial charge in [0, 0.05) is 11.3 Å². The highest BCUT2D eigenvalue weighted by Gasteiger charge is 2.13. The number of carbonyl (C=O) groups excluding carboxylic acids is 1. The Labute approximate surface area is 118 Å². The third kappa shape index (κ3) is 2.86. The first kappa shape index (κ1) is 13.8. The Kier molecular flexibility index (Phi) is 3.86. The summed E-state index contributed by atoms with van der Waals surface area (Å²) in [5, 5.41) is 11.7. The first-order valence-corrected chi connectivity index (χ1v) is 6.40. The Bertz CT molecular complexity index is 688. The van der Waals surface area contributed by atoms with E-state index >= 15 is 0 Å². The van der Waals surface area contributed by atoms with Gasteiger partial charge < -0.3 is 5.32 Å². The van der Waals surface area contributed by atoms with Crippen molar-refractivity contribution >= 4 is 11.6 Å². The maximum Gasteiger partial charge on any atom is 0.256 e. The van der Waals surface area contributed by atoms with Crippen molar-refractivity contribution < 1.29 is 4.79 Å². The van der Waals surface area contributed by atoms with E-state index in [1.807, 2.05) is 32.9 Å². The molecular weight excluding hydrogens is 248 g/mol. The lowest BCUT2D eigenvalue weighted by Crippen LogP contribution is -2.15. The second kappa shape index (κ2) is 5.58. The van der Waals surface area contributed by atoms with Crippen LogP contribution in [0.2, 0.25) is 0 Å². The van der Waals surface area contributed by atoms with Gasteiger partial charge in [-0.25, -0.2) is 0 Å². The lowest BCUT2D eigenvalue weighted by molar-refractivity contribution is 0.102. The molecule has 0 saturated carbocycles. The van der Waals surface area contributed by atoms with Crippen LogP contribution in [0, 0.1) is 32.1 Å². The SMILES string of the molecule is Cc1cc(C)c(C(=O)Nc2cccc(C#N)c2)c(C)c1. The molecule has 0 aliphatic heterocycles. The van der Waals surface area contributed by atoms with E-state index in [0.29, 0.717) is 16.8 Å². The van der Waals surface area contributed by atoms with Crippen molar-refractivity contribution in [3.8, 4) is 6.07 Å². The van der Waals surface area contributed by atoms with Gasteiger partial charge in [0.1, 0.15) is 0 Å². The van der Waals surface area contributed by atoms with Gasteiger partial charge >= 0.3 is 0 Å². The minimum absolute atomic E-state index is 0.143. The molecule has 0 bridgehead atoms. The quantitative estimate of drug-likeness (QED) is 0.898. The average Bonchev–Trinajstić information content (AvgIpc) is 2.37. The zero-order valence-electron chi connectivity index (χ0n) is 11.8. The molecule has 2 aromatic carbocycles. The molecule has 0 unspecified atom stereocenters. The smallest absolute Gasteiger partial charge is 0.256 e. The standard InChI is InChI=1S/C17H16N2O/c1-11-7-12(2)16(13(3)8-11)17(20)19-15-6-4-5-14(9-15)10-18/h4-9H,1-3H3,(H,19,20). The van der Waals surface area contributed by atoms with Crippen LogP contribution in [0.4, 0.5) is 5.69 Å². The van der Waals surface area contributed by atoms with Crippen LogP contribution in [0.15, 0.2) is 36.4 Å². The van der Waals surface area contributed by atoms with E-state index < -0.39 is 0 Å². The zero-order valence-corrected chi connectivity index (χ0v) is 11.8. The number of amides is 1. The Morgan fingerprint density at radius 2 is 1.75 bits per heavy atom. The summed E-state index contributed by atoms with van der Waals surface area (Å²) >= 11 is 0. The van der Waals surface area contributed by atoms with Crippen LogP contribution in [0.5, 0.6) is 0 Å². The first-order chi connectivity index (χ1) is 9.51. The summed E-state index contributed by atoms with van der Waals surface area (Å²) in [5.74, 6) is -0.143. The van der Waals surface area contributed by atoms with Crippen LogP contribution in [0.1, 0.15) is 32.6 Å². The van der Waals surface area contributed by atoms with Gasteiger partial charge in [0.2, 0.25) is 0 Å². The van der Waals surface area contributed by atoms with Crippen LogP contribution in [0.3, 0.4) is 0 Å². The largest absolute Gasteiger partial charge is 0.322 e. The van der Waals surface area contributed by atoms with Crippen LogP contribution in [0.25, 0.3) is 0 Å². The molecule has 0 fully saturated rings. The molecule has 3 nitrogen and oxygen atoms in total. The van der Waals surface area contributed by atoms with Crippen molar-refractivity contribution in [2.45, 2.75) is 20.8 Å². The molecule has 0 radical (unpaired) electrons. The van der Waals surface area contributed by atoms with Crippen molar-refractivity contribution in [2.75, 3.05) is 5.32 Å². The predicted molar refractivity (Wildman–Crippen MR) is 79.8 cm³/mol. The van der Waals surface area contributed by atoms with Gasteiger partial charge in [-0.15, -0.1) is 0 Å². The number of nitriles is 1. The van der Waals surface area contributed by atoms with Crippen molar-refractivity contribution in [1.29, 1.82) is 5.26 Å². The molecule has 0 spiro atoms. The third-order valence-electron chi connectivity index (χ3n) is 3.15. The molecule has 3 heteroatoms. The van der Waals surface area contributed by atoms with E-state index in [2.05, 4.69) is 11.4 Å². The minimum atomic E-state index is -0.143. The number of anilines is 1. The molecule has 0 aliphatic carbocycles. The normalized spacial score (nSPS) is 9.90. The molecule has 0 heterocycles. The monoisotopic (exact) mass is 264 g/mol. The summed E-state index contributed by atoms with van der Waals surface area (Å²) in [6, 6.07) is 12.9. The molecule has 0 atom stereocenters. The number of hydrogen-bond donors (Lipinski definition) is 1. The summed E-state index contributed by atoms with van der Waals surface area (Å²) in [5.41, 5.74) is 4.91. The van der Waals surface area contributed by atoms with Gasteiger partial charge in [-0.1, -0.05) is 23.8 Å². The molecule has 2 rings (SSSR count). The number of nitrogens with zero attached hydrogens (tertiary/aromatic N) is 1. The van der Waals surface area contributed by atoms with Gasteiger partial charge in [0.15, 0.2) is 0 Å².